The Hall–Kier alpha value is -2.94. The van der Waals surface area contributed by atoms with Gasteiger partial charge in [-0.3, -0.25) is 4.79 Å². The maximum Gasteiger partial charge on any atom is 0.410 e. The standard InChI is InChI=1S/C20H27N5O4/c1-20(2,3)29-19(27)25-10-8-15(9-11-25)28-12-13-4-6-14(7-5-13)16-17(18(21)26)23-24-22-16/h4-7,15H,8-12H2,1-3H3,(H2,21,26)(H,22,23,24). The third kappa shape index (κ3) is 5.54. The number of nitrogens with two attached hydrogens (primary N) is 1. The molecule has 156 valence electrons. The van der Waals surface area contributed by atoms with Crippen LogP contribution < -0.4 is 5.73 Å². The minimum absolute atomic E-state index is 0.102. The summed E-state index contributed by atoms with van der Waals surface area (Å²) in [4.78, 5) is 25.2. The number of hydrogen-bond acceptors (Lipinski definition) is 6. The molecule has 9 heteroatoms. The molecule has 0 saturated carbocycles. The number of hydrogen-bond donors (Lipinski definition) is 2. The molecule has 3 N–H and O–H groups in total. The topological polar surface area (TPSA) is 123 Å². The second kappa shape index (κ2) is 8.60. The zero-order valence-electron chi connectivity index (χ0n) is 17.0. The number of benzene rings is 1. The fraction of sp³-hybridized carbons (Fsp3) is 0.500. The Kier molecular flexibility index (Phi) is 6.17. The molecule has 0 radical (unpaired) electrons. The molecule has 2 amide bonds. The molecule has 3 rings (SSSR count). The molecule has 0 aliphatic carbocycles. The number of H-pyrrole nitrogens is 1. The van der Waals surface area contributed by atoms with E-state index in [0.717, 1.165) is 24.0 Å². The Morgan fingerprint density at radius 3 is 2.41 bits per heavy atom. The Morgan fingerprint density at radius 1 is 1.17 bits per heavy atom. The van der Waals surface area contributed by atoms with Crippen LogP contribution >= 0.6 is 0 Å². The van der Waals surface area contributed by atoms with Crippen LogP contribution in [-0.4, -0.2) is 57.1 Å². The number of aromatic nitrogens is 3. The van der Waals surface area contributed by atoms with Gasteiger partial charge >= 0.3 is 6.09 Å². The number of ether oxygens (including phenoxy) is 2. The third-order valence-electron chi connectivity index (χ3n) is 4.59. The first kappa shape index (κ1) is 20.8. The van der Waals surface area contributed by atoms with Crippen molar-refractivity contribution in [3.05, 3.63) is 35.5 Å². The number of piperidine rings is 1. The maximum atomic E-state index is 12.1. The molecule has 0 bridgehead atoms. The number of carbonyl (C=O) groups is 2. The van der Waals surface area contributed by atoms with Crippen LogP contribution in [0.1, 0.15) is 49.7 Å². The molecule has 1 aromatic carbocycles. The highest BCUT2D eigenvalue weighted by atomic mass is 16.6. The van der Waals surface area contributed by atoms with E-state index in [9.17, 15) is 9.59 Å². The molecule has 29 heavy (non-hydrogen) atoms. The normalized spacial score (nSPS) is 15.3. The molecule has 2 heterocycles. The quantitative estimate of drug-likeness (QED) is 0.793. The van der Waals surface area contributed by atoms with Crippen molar-refractivity contribution in [1.29, 1.82) is 0 Å². The van der Waals surface area contributed by atoms with Crippen molar-refractivity contribution in [1.82, 2.24) is 20.3 Å². The first-order chi connectivity index (χ1) is 13.7. The number of nitrogens with one attached hydrogen (secondary N) is 1. The van der Waals surface area contributed by atoms with Crippen LogP contribution in [0.5, 0.6) is 0 Å². The van der Waals surface area contributed by atoms with Crippen LogP contribution in [-0.2, 0) is 16.1 Å². The van der Waals surface area contributed by atoms with Gasteiger partial charge in [0.25, 0.3) is 5.91 Å². The summed E-state index contributed by atoms with van der Waals surface area (Å²) < 4.78 is 11.4. The van der Waals surface area contributed by atoms with Gasteiger partial charge in [-0.1, -0.05) is 24.3 Å². The van der Waals surface area contributed by atoms with E-state index in [-0.39, 0.29) is 17.9 Å². The number of amides is 2. The number of nitrogens with zero attached hydrogens (tertiary/aromatic N) is 3. The number of primary amides is 1. The van der Waals surface area contributed by atoms with Gasteiger partial charge in [-0.2, -0.15) is 15.4 Å². The van der Waals surface area contributed by atoms with Crippen LogP contribution in [0, 0.1) is 0 Å². The lowest BCUT2D eigenvalue weighted by atomic mass is 10.1. The Balaban J connectivity index is 1.48. The molecule has 1 aliphatic rings. The van der Waals surface area contributed by atoms with E-state index in [2.05, 4.69) is 15.4 Å². The second-order valence-corrected chi connectivity index (χ2v) is 8.06. The summed E-state index contributed by atoms with van der Waals surface area (Å²) in [5.74, 6) is -0.626. The largest absolute Gasteiger partial charge is 0.444 e. The molecular weight excluding hydrogens is 374 g/mol. The summed E-state index contributed by atoms with van der Waals surface area (Å²) >= 11 is 0. The molecule has 1 saturated heterocycles. The highest BCUT2D eigenvalue weighted by Crippen LogP contribution is 2.22. The third-order valence-corrected chi connectivity index (χ3v) is 4.59. The summed E-state index contributed by atoms with van der Waals surface area (Å²) in [5, 5.41) is 10.2. The summed E-state index contributed by atoms with van der Waals surface area (Å²) in [7, 11) is 0. The number of rotatable bonds is 5. The van der Waals surface area contributed by atoms with Crippen LogP contribution in [0.4, 0.5) is 4.79 Å². The van der Waals surface area contributed by atoms with Gasteiger partial charge in [-0.05, 0) is 39.2 Å². The zero-order chi connectivity index (χ0) is 21.0. The number of carbonyl (C=O) groups excluding carboxylic acids is 2. The predicted octanol–water partition coefficient (Wildman–Crippen LogP) is 2.49. The Labute approximate surface area is 169 Å². The fourth-order valence-electron chi connectivity index (χ4n) is 3.11. The van der Waals surface area contributed by atoms with Crippen LogP contribution in [0.3, 0.4) is 0 Å². The Morgan fingerprint density at radius 2 is 1.83 bits per heavy atom. The maximum absolute atomic E-state index is 12.1. The number of likely N-dealkylation sites (tertiary alicyclic amines) is 1. The molecule has 1 aliphatic heterocycles. The van der Waals surface area contributed by atoms with E-state index >= 15 is 0 Å². The molecule has 0 atom stereocenters. The van der Waals surface area contributed by atoms with Gasteiger partial charge in [0.1, 0.15) is 11.3 Å². The minimum Gasteiger partial charge on any atom is -0.444 e. The molecule has 9 nitrogen and oxygen atoms in total. The molecular formula is C20H27N5O4. The van der Waals surface area contributed by atoms with Gasteiger partial charge in [0.05, 0.1) is 12.7 Å². The molecule has 0 spiro atoms. The van der Waals surface area contributed by atoms with Crippen molar-refractivity contribution in [3.8, 4) is 11.3 Å². The summed E-state index contributed by atoms with van der Waals surface area (Å²) in [5.41, 5.74) is 7.12. The first-order valence-electron chi connectivity index (χ1n) is 9.62. The van der Waals surface area contributed by atoms with Gasteiger partial charge < -0.3 is 20.1 Å². The lowest BCUT2D eigenvalue weighted by Gasteiger charge is -2.33. The van der Waals surface area contributed by atoms with E-state index in [1.54, 1.807) is 4.90 Å². The van der Waals surface area contributed by atoms with Crippen molar-refractivity contribution < 1.29 is 19.1 Å². The lowest BCUT2D eigenvalue weighted by molar-refractivity contribution is -0.0170. The molecule has 1 aromatic heterocycles. The monoisotopic (exact) mass is 401 g/mol. The van der Waals surface area contributed by atoms with E-state index < -0.39 is 11.5 Å². The van der Waals surface area contributed by atoms with Gasteiger partial charge in [0.15, 0.2) is 5.69 Å². The van der Waals surface area contributed by atoms with Gasteiger partial charge in [0, 0.05) is 18.7 Å². The van der Waals surface area contributed by atoms with E-state index in [1.165, 1.54) is 0 Å². The smallest absolute Gasteiger partial charge is 0.410 e. The second-order valence-electron chi connectivity index (χ2n) is 8.06. The van der Waals surface area contributed by atoms with Crippen molar-refractivity contribution in [2.75, 3.05) is 13.1 Å². The van der Waals surface area contributed by atoms with Crippen LogP contribution in [0.25, 0.3) is 11.3 Å². The predicted molar refractivity (Wildman–Crippen MR) is 106 cm³/mol. The van der Waals surface area contributed by atoms with Crippen molar-refractivity contribution in [2.45, 2.75) is 51.9 Å². The van der Waals surface area contributed by atoms with Gasteiger partial charge in [0.2, 0.25) is 0 Å². The number of aromatic amines is 1. The average molecular weight is 401 g/mol. The summed E-state index contributed by atoms with van der Waals surface area (Å²) in [6.45, 7) is 7.32. The van der Waals surface area contributed by atoms with E-state index in [1.807, 2.05) is 45.0 Å². The minimum atomic E-state index is -0.626. The fourth-order valence-corrected chi connectivity index (χ4v) is 3.11. The van der Waals surface area contributed by atoms with Crippen molar-refractivity contribution in [2.24, 2.45) is 5.73 Å². The average Bonchev–Trinajstić information content (AvgIpc) is 3.16. The summed E-state index contributed by atoms with van der Waals surface area (Å²) in [6.07, 6.45) is 1.39. The van der Waals surface area contributed by atoms with E-state index in [0.29, 0.717) is 25.4 Å². The van der Waals surface area contributed by atoms with E-state index in [4.69, 9.17) is 15.2 Å². The highest BCUT2D eigenvalue weighted by Gasteiger charge is 2.27. The highest BCUT2D eigenvalue weighted by molar-refractivity contribution is 5.96. The van der Waals surface area contributed by atoms with Crippen molar-refractivity contribution in [3.63, 3.8) is 0 Å². The zero-order valence-corrected chi connectivity index (χ0v) is 17.0. The molecule has 0 unspecified atom stereocenters. The molecule has 1 fully saturated rings. The van der Waals surface area contributed by atoms with Gasteiger partial charge in [-0.15, -0.1) is 0 Å². The van der Waals surface area contributed by atoms with Crippen LogP contribution in [0.15, 0.2) is 24.3 Å². The SMILES string of the molecule is CC(C)(C)OC(=O)N1CCC(OCc2ccc(-c3n[nH]nc3C(N)=O)cc2)CC1. The summed E-state index contributed by atoms with van der Waals surface area (Å²) in [6, 6.07) is 7.55. The van der Waals surface area contributed by atoms with Crippen LogP contribution in [0.2, 0.25) is 0 Å². The Bertz CT molecular complexity index is 849. The molecule has 2 aromatic rings. The first-order valence-corrected chi connectivity index (χ1v) is 9.62. The lowest BCUT2D eigenvalue weighted by Crippen LogP contribution is -2.43. The van der Waals surface area contributed by atoms with Crippen molar-refractivity contribution >= 4 is 12.0 Å². The van der Waals surface area contributed by atoms with Gasteiger partial charge in [-0.25, -0.2) is 4.79 Å².